The van der Waals surface area contributed by atoms with Crippen LogP contribution >= 0.6 is 11.6 Å². The molecule has 0 radical (unpaired) electrons. The van der Waals surface area contributed by atoms with Gasteiger partial charge < -0.3 is 19.5 Å². The van der Waals surface area contributed by atoms with Crippen molar-refractivity contribution in [3.63, 3.8) is 0 Å². The van der Waals surface area contributed by atoms with Gasteiger partial charge in [-0.05, 0) is 36.8 Å². The van der Waals surface area contributed by atoms with Crippen LogP contribution in [0.15, 0.2) is 30.3 Å². The number of fused-ring (bicyclic) bond motifs is 1. The van der Waals surface area contributed by atoms with Gasteiger partial charge in [0.25, 0.3) is 0 Å². The molecule has 2 atom stereocenters. The number of carbonyl (C=O) groups excluding carboxylic acids is 3. The largest absolute Gasteiger partial charge is 0.493 e. The van der Waals surface area contributed by atoms with Crippen molar-refractivity contribution in [1.82, 2.24) is 4.90 Å². The lowest BCUT2D eigenvalue weighted by molar-refractivity contribution is -0.144. The molecule has 2 amide bonds. The van der Waals surface area contributed by atoms with Crippen LogP contribution in [0.5, 0.6) is 11.5 Å². The maximum absolute atomic E-state index is 13.2. The van der Waals surface area contributed by atoms with Crippen LogP contribution in [0.3, 0.4) is 0 Å². The standard InChI is InChI=1S/C22H18ClF3N2O6/c1-32-15-7-4-11-17(18(15)33-2)21(31)34-20(11)28-14(6-8-16(28)29)19(30)27-10-3-5-13(23)12(9-10)22(24,25)26/h3-5,7,9,14,20H,6,8H2,1-2H3,(H,27,30). The number of alkyl halides is 3. The maximum Gasteiger partial charge on any atom is 0.417 e. The summed E-state index contributed by atoms with van der Waals surface area (Å²) in [6.07, 6.45) is -5.84. The minimum atomic E-state index is -4.71. The number of ether oxygens (including phenoxy) is 3. The monoisotopic (exact) mass is 498 g/mol. The Hall–Kier alpha value is -3.47. The molecule has 4 rings (SSSR count). The van der Waals surface area contributed by atoms with Gasteiger partial charge in [0.15, 0.2) is 11.5 Å². The highest BCUT2D eigenvalue weighted by Gasteiger charge is 2.48. The first-order valence-electron chi connectivity index (χ1n) is 10.0. The molecule has 2 unspecified atom stereocenters. The number of esters is 1. The summed E-state index contributed by atoms with van der Waals surface area (Å²) in [5.41, 5.74) is -0.873. The van der Waals surface area contributed by atoms with E-state index in [0.29, 0.717) is 11.6 Å². The van der Waals surface area contributed by atoms with Gasteiger partial charge in [0, 0.05) is 17.7 Å². The zero-order valence-corrected chi connectivity index (χ0v) is 18.6. The number of cyclic esters (lactones) is 1. The number of likely N-dealkylation sites (tertiary alicyclic amines) is 1. The molecule has 1 saturated heterocycles. The van der Waals surface area contributed by atoms with Crippen LogP contribution in [-0.2, 0) is 20.5 Å². The Bertz CT molecular complexity index is 1190. The van der Waals surface area contributed by atoms with Gasteiger partial charge in [0.2, 0.25) is 18.0 Å². The Labute approximate surface area is 196 Å². The van der Waals surface area contributed by atoms with E-state index in [4.69, 9.17) is 25.8 Å². The molecule has 0 bridgehead atoms. The molecule has 0 aromatic heterocycles. The molecular weight excluding hydrogens is 481 g/mol. The number of carbonyl (C=O) groups is 3. The van der Waals surface area contributed by atoms with Gasteiger partial charge in [-0.15, -0.1) is 0 Å². The Kier molecular flexibility index (Phi) is 6.07. The molecule has 0 saturated carbocycles. The third-order valence-electron chi connectivity index (χ3n) is 5.62. The Morgan fingerprint density at radius 2 is 1.91 bits per heavy atom. The fraction of sp³-hybridized carbons (Fsp3) is 0.318. The van der Waals surface area contributed by atoms with E-state index < -0.39 is 46.8 Å². The van der Waals surface area contributed by atoms with Crippen molar-refractivity contribution in [1.29, 1.82) is 0 Å². The molecular formula is C22H18ClF3N2O6. The van der Waals surface area contributed by atoms with E-state index in [1.54, 1.807) is 0 Å². The molecule has 12 heteroatoms. The zero-order chi connectivity index (χ0) is 24.8. The summed E-state index contributed by atoms with van der Waals surface area (Å²) in [6.45, 7) is 0. The third kappa shape index (κ3) is 4.00. The van der Waals surface area contributed by atoms with Gasteiger partial charge in [-0.2, -0.15) is 13.2 Å². The molecule has 2 aromatic carbocycles. The molecule has 0 spiro atoms. The van der Waals surface area contributed by atoms with Crippen molar-refractivity contribution in [2.45, 2.75) is 31.3 Å². The highest BCUT2D eigenvalue weighted by Crippen LogP contribution is 2.45. The lowest BCUT2D eigenvalue weighted by atomic mass is 10.0. The summed E-state index contributed by atoms with van der Waals surface area (Å²) in [7, 11) is 2.74. The highest BCUT2D eigenvalue weighted by molar-refractivity contribution is 6.31. The number of hydrogen-bond acceptors (Lipinski definition) is 6. The zero-order valence-electron chi connectivity index (χ0n) is 17.9. The first-order valence-corrected chi connectivity index (χ1v) is 10.4. The average molecular weight is 499 g/mol. The number of nitrogens with one attached hydrogen (secondary N) is 1. The second kappa shape index (κ2) is 8.71. The number of hydrogen-bond donors (Lipinski definition) is 1. The second-order valence-electron chi connectivity index (χ2n) is 7.56. The first-order chi connectivity index (χ1) is 16.1. The molecule has 180 valence electrons. The molecule has 2 aromatic rings. The number of methoxy groups -OCH3 is 2. The van der Waals surface area contributed by atoms with Crippen molar-refractivity contribution in [3.05, 3.63) is 52.0 Å². The van der Waals surface area contributed by atoms with E-state index in [-0.39, 0.29) is 35.6 Å². The number of rotatable bonds is 5. The minimum Gasteiger partial charge on any atom is -0.493 e. The van der Waals surface area contributed by atoms with Crippen molar-refractivity contribution in [2.24, 2.45) is 0 Å². The Balaban J connectivity index is 1.64. The molecule has 34 heavy (non-hydrogen) atoms. The van der Waals surface area contributed by atoms with Crippen LogP contribution in [0.2, 0.25) is 5.02 Å². The second-order valence-corrected chi connectivity index (χ2v) is 7.97. The maximum atomic E-state index is 13.2. The van der Waals surface area contributed by atoms with Crippen LogP contribution in [0.4, 0.5) is 18.9 Å². The smallest absolute Gasteiger partial charge is 0.417 e. The number of nitrogens with zero attached hydrogens (tertiary/aromatic N) is 1. The van der Waals surface area contributed by atoms with Gasteiger partial charge in [-0.1, -0.05) is 11.6 Å². The van der Waals surface area contributed by atoms with Crippen LogP contribution < -0.4 is 14.8 Å². The molecule has 1 N–H and O–H groups in total. The lowest BCUT2D eigenvalue weighted by Crippen LogP contribution is -2.43. The summed E-state index contributed by atoms with van der Waals surface area (Å²) >= 11 is 5.63. The average Bonchev–Trinajstić information content (AvgIpc) is 3.33. The van der Waals surface area contributed by atoms with Crippen LogP contribution in [0.25, 0.3) is 0 Å². The van der Waals surface area contributed by atoms with Gasteiger partial charge in [-0.3, -0.25) is 14.5 Å². The van der Waals surface area contributed by atoms with E-state index in [0.717, 1.165) is 11.0 Å². The molecule has 1 fully saturated rings. The van der Waals surface area contributed by atoms with Crippen LogP contribution in [-0.4, -0.2) is 42.9 Å². The van der Waals surface area contributed by atoms with Crippen molar-refractivity contribution in [2.75, 3.05) is 19.5 Å². The van der Waals surface area contributed by atoms with Crippen LogP contribution in [0.1, 0.15) is 40.6 Å². The van der Waals surface area contributed by atoms with E-state index in [1.807, 2.05) is 0 Å². The first kappa shape index (κ1) is 23.7. The van der Waals surface area contributed by atoms with Gasteiger partial charge in [-0.25, -0.2) is 4.79 Å². The van der Waals surface area contributed by atoms with Gasteiger partial charge in [0.05, 0.1) is 24.8 Å². The quantitative estimate of drug-likeness (QED) is 0.622. The number of halogens is 4. The van der Waals surface area contributed by atoms with E-state index in [2.05, 4.69) is 5.32 Å². The van der Waals surface area contributed by atoms with E-state index >= 15 is 0 Å². The third-order valence-corrected chi connectivity index (χ3v) is 5.95. The molecule has 2 aliphatic rings. The summed E-state index contributed by atoms with van der Waals surface area (Å²) < 4.78 is 55.4. The topological polar surface area (TPSA) is 94.2 Å². The fourth-order valence-corrected chi connectivity index (χ4v) is 4.31. The normalized spacial score (nSPS) is 19.6. The van der Waals surface area contributed by atoms with Gasteiger partial charge >= 0.3 is 12.1 Å². The SMILES string of the molecule is COc1ccc2c(c1OC)C(=O)OC2N1C(=O)CCC1C(=O)Nc1ccc(Cl)c(C(F)(F)F)c1. The number of benzene rings is 2. The predicted octanol–water partition coefficient (Wildman–Crippen LogP) is 4.17. The minimum absolute atomic E-state index is 0.0107. The Morgan fingerprint density at radius 3 is 2.56 bits per heavy atom. The summed E-state index contributed by atoms with van der Waals surface area (Å²) in [5, 5.41) is 1.88. The summed E-state index contributed by atoms with van der Waals surface area (Å²) in [6, 6.07) is 4.93. The fourth-order valence-electron chi connectivity index (χ4n) is 4.09. The van der Waals surface area contributed by atoms with Crippen molar-refractivity contribution in [3.8, 4) is 11.5 Å². The summed E-state index contributed by atoms with van der Waals surface area (Å²) in [4.78, 5) is 39.4. The molecule has 2 heterocycles. The lowest BCUT2D eigenvalue weighted by Gasteiger charge is -2.29. The van der Waals surface area contributed by atoms with Gasteiger partial charge in [0.1, 0.15) is 11.6 Å². The van der Waals surface area contributed by atoms with Crippen LogP contribution in [0, 0.1) is 0 Å². The summed E-state index contributed by atoms with van der Waals surface area (Å²) in [5.74, 6) is -1.54. The van der Waals surface area contributed by atoms with Crippen molar-refractivity contribution >= 4 is 35.1 Å². The molecule has 8 nitrogen and oxygen atoms in total. The predicted molar refractivity (Wildman–Crippen MR) is 113 cm³/mol. The number of amides is 2. The molecule has 0 aliphatic carbocycles. The van der Waals surface area contributed by atoms with Crippen molar-refractivity contribution < 1.29 is 41.8 Å². The van der Waals surface area contributed by atoms with E-state index in [9.17, 15) is 27.6 Å². The Morgan fingerprint density at radius 1 is 1.18 bits per heavy atom. The molecule has 2 aliphatic heterocycles. The van der Waals surface area contributed by atoms with E-state index in [1.165, 1.54) is 32.4 Å². The highest BCUT2D eigenvalue weighted by atomic mass is 35.5. The number of anilines is 1.